The molecule has 1 N–H and O–H groups in total. The summed E-state index contributed by atoms with van der Waals surface area (Å²) in [5.41, 5.74) is 2.85. The van der Waals surface area contributed by atoms with Crippen molar-refractivity contribution >= 4 is 28.5 Å². The summed E-state index contributed by atoms with van der Waals surface area (Å²) in [5, 5.41) is 1.10. The Hall–Kier alpha value is -3.48. The first kappa shape index (κ1) is 18.5. The maximum absolute atomic E-state index is 13.5. The minimum Gasteiger partial charge on any atom is -0.497 e. The van der Waals surface area contributed by atoms with Crippen molar-refractivity contribution in [1.82, 2.24) is 9.88 Å². The van der Waals surface area contributed by atoms with Gasteiger partial charge in [-0.05, 0) is 37.6 Å². The maximum Gasteiger partial charge on any atom is 0.333 e. The van der Waals surface area contributed by atoms with Crippen molar-refractivity contribution in [3.05, 3.63) is 53.7 Å². The van der Waals surface area contributed by atoms with E-state index in [1.54, 1.807) is 30.2 Å². The van der Waals surface area contributed by atoms with Crippen LogP contribution >= 0.6 is 0 Å². The van der Waals surface area contributed by atoms with E-state index in [0.717, 1.165) is 22.2 Å². The molecule has 0 spiro atoms. The molecule has 1 aromatic heterocycles. The van der Waals surface area contributed by atoms with E-state index < -0.39 is 11.6 Å². The summed E-state index contributed by atoms with van der Waals surface area (Å²) in [6.45, 7) is 3.96. The minimum atomic E-state index is -0.668. The summed E-state index contributed by atoms with van der Waals surface area (Å²) in [4.78, 5) is 33.4. The second kappa shape index (κ2) is 6.26. The maximum atomic E-state index is 13.5. The molecule has 3 aromatic rings. The van der Waals surface area contributed by atoms with Gasteiger partial charge in [-0.25, -0.2) is 9.69 Å². The normalized spacial score (nSPS) is 19.8. The van der Waals surface area contributed by atoms with Crippen LogP contribution < -0.4 is 14.4 Å². The molecular formula is C23H23N3O4. The third-order valence-electron chi connectivity index (χ3n) is 6.27. The summed E-state index contributed by atoms with van der Waals surface area (Å²) in [6.07, 6.45) is 0.475. The van der Waals surface area contributed by atoms with Gasteiger partial charge >= 0.3 is 6.03 Å². The predicted octanol–water partition coefficient (Wildman–Crippen LogP) is 3.81. The number of rotatable bonds is 3. The van der Waals surface area contributed by atoms with Crippen LogP contribution in [0.25, 0.3) is 10.9 Å². The molecule has 2 aromatic carbocycles. The molecule has 1 atom stereocenters. The quantitative estimate of drug-likeness (QED) is 0.673. The molecule has 5 rings (SSSR count). The average molecular weight is 405 g/mol. The lowest BCUT2D eigenvalue weighted by atomic mass is 9.85. The highest BCUT2D eigenvalue weighted by molar-refractivity contribution is 6.22. The van der Waals surface area contributed by atoms with Gasteiger partial charge < -0.3 is 19.4 Å². The Morgan fingerprint density at radius 2 is 1.83 bits per heavy atom. The number of urea groups is 1. The summed E-state index contributed by atoms with van der Waals surface area (Å²) in [6, 6.07) is 12.2. The van der Waals surface area contributed by atoms with Crippen LogP contribution in [0.15, 0.2) is 42.5 Å². The van der Waals surface area contributed by atoms with Gasteiger partial charge in [0.2, 0.25) is 0 Å². The number of aromatic nitrogens is 1. The molecule has 2 aliphatic rings. The molecule has 154 valence electrons. The van der Waals surface area contributed by atoms with Crippen molar-refractivity contribution in [2.24, 2.45) is 0 Å². The first-order valence-corrected chi connectivity index (χ1v) is 9.88. The molecule has 1 unspecified atom stereocenters. The average Bonchev–Trinajstić information content (AvgIpc) is 3.24. The number of anilines is 1. The number of carbonyl (C=O) groups is 2. The van der Waals surface area contributed by atoms with Gasteiger partial charge in [0.05, 0.1) is 25.4 Å². The zero-order chi connectivity index (χ0) is 21.2. The van der Waals surface area contributed by atoms with E-state index in [1.807, 2.05) is 32.0 Å². The lowest BCUT2D eigenvalue weighted by Gasteiger charge is -2.42. The zero-order valence-electron chi connectivity index (χ0n) is 17.4. The Labute approximate surface area is 174 Å². The molecule has 0 bridgehead atoms. The van der Waals surface area contributed by atoms with Gasteiger partial charge in [0, 0.05) is 29.1 Å². The molecule has 2 aliphatic heterocycles. The molecule has 3 amide bonds. The third kappa shape index (κ3) is 2.32. The van der Waals surface area contributed by atoms with Gasteiger partial charge in [0.15, 0.2) is 0 Å². The van der Waals surface area contributed by atoms with Crippen LogP contribution in [0, 0.1) is 0 Å². The number of hydrogen-bond acceptors (Lipinski definition) is 4. The van der Waals surface area contributed by atoms with Gasteiger partial charge in [-0.3, -0.25) is 4.79 Å². The topological polar surface area (TPSA) is 74.9 Å². The number of ether oxygens (including phenoxy) is 2. The Morgan fingerprint density at radius 1 is 1.07 bits per heavy atom. The number of aromatic amines is 1. The fraction of sp³-hybridized carbons (Fsp3) is 0.304. The Bertz CT molecular complexity index is 1200. The summed E-state index contributed by atoms with van der Waals surface area (Å²) >= 11 is 0. The number of amides is 3. The monoisotopic (exact) mass is 405 g/mol. The van der Waals surface area contributed by atoms with Crippen LogP contribution in [0.1, 0.15) is 25.1 Å². The number of para-hydroxylation sites is 1. The molecule has 30 heavy (non-hydrogen) atoms. The van der Waals surface area contributed by atoms with Crippen LogP contribution in [0.3, 0.4) is 0 Å². The molecule has 0 aliphatic carbocycles. The zero-order valence-corrected chi connectivity index (χ0v) is 17.4. The van der Waals surface area contributed by atoms with Crippen LogP contribution in [-0.2, 0) is 16.8 Å². The lowest BCUT2D eigenvalue weighted by molar-refractivity contribution is -0.121. The Kier molecular flexibility index (Phi) is 3.87. The molecule has 1 fully saturated rings. The second-order valence-corrected chi connectivity index (χ2v) is 8.17. The van der Waals surface area contributed by atoms with Crippen LogP contribution in [0.4, 0.5) is 10.5 Å². The number of methoxy groups -OCH3 is 2. The number of nitrogens with zero attached hydrogens (tertiary/aromatic N) is 2. The first-order valence-electron chi connectivity index (χ1n) is 9.88. The third-order valence-corrected chi connectivity index (χ3v) is 6.27. The molecule has 0 saturated carbocycles. The van der Waals surface area contributed by atoms with Crippen molar-refractivity contribution in [3.8, 4) is 11.5 Å². The van der Waals surface area contributed by atoms with Crippen molar-refractivity contribution < 1.29 is 19.1 Å². The van der Waals surface area contributed by atoms with Crippen molar-refractivity contribution in [2.45, 2.75) is 31.8 Å². The van der Waals surface area contributed by atoms with Crippen LogP contribution in [0.2, 0.25) is 0 Å². The molecule has 1 saturated heterocycles. The SMILES string of the molecule is COc1ccc(N2C(=O)C3Cc4c([nH]c5ccccc45)C(C)(C)N3C2=O)c(OC)c1. The lowest BCUT2D eigenvalue weighted by Crippen LogP contribution is -2.52. The fourth-order valence-corrected chi connectivity index (χ4v) is 4.84. The second-order valence-electron chi connectivity index (χ2n) is 8.17. The van der Waals surface area contributed by atoms with Crippen LogP contribution in [0.5, 0.6) is 11.5 Å². The van der Waals surface area contributed by atoms with Gasteiger partial charge in [-0.1, -0.05) is 18.2 Å². The van der Waals surface area contributed by atoms with Crippen molar-refractivity contribution in [1.29, 1.82) is 0 Å². The number of hydrogen-bond donors (Lipinski definition) is 1. The highest BCUT2D eigenvalue weighted by Gasteiger charge is 2.56. The van der Waals surface area contributed by atoms with Gasteiger partial charge in [0.1, 0.15) is 17.5 Å². The first-order chi connectivity index (χ1) is 14.4. The van der Waals surface area contributed by atoms with Gasteiger partial charge in [-0.15, -0.1) is 0 Å². The van der Waals surface area contributed by atoms with E-state index in [-0.39, 0.29) is 11.9 Å². The molecule has 0 radical (unpaired) electrons. The number of imide groups is 1. The van der Waals surface area contributed by atoms with Crippen molar-refractivity contribution in [3.63, 3.8) is 0 Å². The van der Waals surface area contributed by atoms with E-state index in [2.05, 4.69) is 11.1 Å². The summed E-state index contributed by atoms with van der Waals surface area (Å²) < 4.78 is 10.7. The number of carbonyl (C=O) groups excluding carboxylic acids is 2. The highest BCUT2D eigenvalue weighted by atomic mass is 16.5. The molecule has 7 nitrogen and oxygen atoms in total. The number of H-pyrrole nitrogens is 1. The van der Waals surface area contributed by atoms with E-state index >= 15 is 0 Å². The Morgan fingerprint density at radius 3 is 2.57 bits per heavy atom. The van der Waals surface area contributed by atoms with E-state index in [4.69, 9.17) is 9.47 Å². The van der Waals surface area contributed by atoms with Gasteiger partial charge in [-0.2, -0.15) is 0 Å². The van der Waals surface area contributed by atoms with E-state index in [0.29, 0.717) is 23.6 Å². The predicted molar refractivity (Wildman–Crippen MR) is 113 cm³/mol. The number of nitrogens with one attached hydrogen (secondary N) is 1. The van der Waals surface area contributed by atoms with Gasteiger partial charge in [0.25, 0.3) is 5.91 Å². The van der Waals surface area contributed by atoms with E-state index in [1.165, 1.54) is 12.0 Å². The molecule has 7 heteroatoms. The minimum absolute atomic E-state index is 0.243. The standard InChI is InChI=1S/C23H23N3O4/c1-23(2)20-15(14-7-5-6-8-16(14)24-20)12-18-21(27)25(22(28)26(18)23)17-10-9-13(29-3)11-19(17)30-4/h5-11,18,24H,12H2,1-4H3. The number of benzene rings is 2. The summed E-state index contributed by atoms with van der Waals surface area (Å²) in [7, 11) is 3.07. The van der Waals surface area contributed by atoms with E-state index in [9.17, 15) is 9.59 Å². The fourth-order valence-electron chi connectivity index (χ4n) is 4.84. The Balaban J connectivity index is 1.63. The largest absolute Gasteiger partial charge is 0.497 e. The smallest absolute Gasteiger partial charge is 0.333 e. The van der Waals surface area contributed by atoms with Crippen molar-refractivity contribution in [2.75, 3.05) is 19.1 Å². The molecule has 3 heterocycles. The molecular weight excluding hydrogens is 382 g/mol. The summed E-state index contributed by atoms with van der Waals surface area (Å²) in [5.74, 6) is 0.763. The van der Waals surface area contributed by atoms with Crippen LogP contribution in [-0.4, -0.2) is 42.1 Å². The highest BCUT2D eigenvalue weighted by Crippen LogP contribution is 2.46. The number of fused-ring (bicyclic) bond motifs is 4.